The number of rotatable bonds is 5. The van der Waals surface area contributed by atoms with Gasteiger partial charge in [0.25, 0.3) is 0 Å². The second-order valence-corrected chi connectivity index (χ2v) is 4.38. The number of nitrogens with one attached hydrogen (secondary N) is 2. The average molecular weight is 251 g/mol. The Balaban J connectivity index is 2.67. The number of methoxy groups -OCH3 is 1. The summed E-state index contributed by atoms with van der Waals surface area (Å²) in [5.41, 5.74) is 4.37. The molecule has 0 saturated carbocycles. The summed E-state index contributed by atoms with van der Waals surface area (Å²) in [5, 5.41) is 2.65. The zero-order valence-corrected chi connectivity index (χ0v) is 11.1. The van der Waals surface area contributed by atoms with Crippen molar-refractivity contribution in [1.82, 2.24) is 10.7 Å². The highest BCUT2D eigenvalue weighted by Crippen LogP contribution is 2.27. The first-order chi connectivity index (χ1) is 8.58. The highest BCUT2D eigenvalue weighted by atomic mass is 16.5. The Bertz CT molecular complexity index is 405. The molecule has 2 amide bonds. The van der Waals surface area contributed by atoms with Gasteiger partial charge in [-0.3, -0.25) is 5.43 Å². The SMILES string of the molecule is COc1ccc(CCNC(=O)NN)cc1C(C)C. The smallest absolute Gasteiger partial charge is 0.328 e. The van der Waals surface area contributed by atoms with Gasteiger partial charge < -0.3 is 10.1 Å². The van der Waals surface area contributed by atoms with Crippen molar-refractivity contribution >= 4 is 6.03 Å². The molecule has 0 aromatic heterocycles. The molecule has 100 valence electrons. The molecule has 0 saturated heterocycles. The molecule has 0 aliphatic carbocycles. The molecule has 5 nitrogen and oxygen atoms in total. The van der Waals surface area contributed by atoms with Gasteiger partial charge in [0.1, 0.15) is 5.75 Å². The van der Waals surface area contributed by atoms with E-state index in [2.05, 4.69) is 25.2 Å². The third-order valence-corrected chi connectivity index (χ3v) is 2.75. The third kappa shape index (κ3) is 3.92. The molecule has 0 unspecified atom stereocenters. The van der Waals surface area contributed by atoms with Crippen LogP contribution in [0.15, 0.2) is 18.2 Å². The predicted molar refractivity (Wildman–Crippen MR) is 71.5 cm³/mol. The molecule has 0 atom stereocenters. The quantitative estimate of drug-likeness (QED) is 0.422. The Hall–Kier alpha value is -1.75. The van der Waals surface area contributed by atoms with Crippen molar-refractivity contribution in [3.63, 3.8) is 0 Å². The van der Waals surface area contributed by atoms with E-state index in [0.29, 0.717) is 12.5 Å². The Morgan fingerprint density at radius 3 is 2.72 bits per heavy atom. The van der Waals surface area contributed by atoms with Crippen molar-refractivity contribution in [3.8, 4) is 5.75 Å². The van der Waals surface area contributed by atoms with Crippen LogP contribution in [0.4, 0.5) is 4.79 Å². The van der Waals surface area contributed by atoms with Crippen LogP contribution in [0.25, 0.3) is 0 Å². The summed E-state index contributed by atoms with van der Waals surface area (Å²) in [6.45, 7) is 4.80. The van der Waals surface area contributed by atoms with Crippen LogP contribution in [0.5, 0.6) is 5.75 Å². The maximum atomic E-state index is 10.9. The van der Waals surface area contributed by atoms with Gasteiger partial charge in [-0.1, -0.05) is 26.0 Å². The minimum Gasteiger partial charge on any atom is -0.496 e. The Labute approximate surface area is 108 Å². The summed E-state index contributed by atoms with van der Waals surface area (Å²) >= 11 is 0. The lowest BCUT2D eigenvalue weighted by molar-refractivity contribution is 0.241. The predicted octanol–water partition coefficient (Wildman–Crippen LogP) is 1.53. The van der Waals surface area contributed by atoms with Crippen LogP contribution in [0, 0.1) is 0 Å². The largest absolute Gasteiger partial charge is 0.496 e. The number of urea groups is 1. The maximum Gasteiger partial charge on any atom is 0.328 e. The Morgan fingerprint density at radius 1 is 1.44 bits per heavy atom. The van der Waals surface area contributed by atoms with Crippen molar-refractivity contribution in [3.05, 3.63) is 29.3 Å². The number of ether oxygens (including phenoxy) is 1. The molecular weight excluding hydrogens is 230 g/mol. The lowest BCUT2D eigenvalue weighted by Crippen LogP contribution is -2.40. The number of carbonyl (C=O) groups is 1. The summed E-state index contributed by atoms with van der Waals surface area (Å²) in [7, 11) is 1.67. The van der Waals surface area contributed by atoms with Gasteiger partial charge >= 0.3 is 6.03 Å². The molecule has 0 bridgehead atoms. The summed E-state index contributed by atoms with van der Waals surface area (Å²) in [6.07, 6.45) is 0.761. The molecule has 18 heavy (non-hydrogen) atoms. The molecular formula is C13H21N3O2. The van der Waals surface area contributed by atoms with Gasteiger partial charge in [-0.25, -0.2) is 10.6 Å². The van der Waals surface area contributed by atoms with Gasteiger partial charge in [-0.2, -0.15) is 0 Å². The van der Waals surface area contributed by atoms with E-state index in [1.165, 1.54) is 5.56 Å². The van der Waals surface area contributed by atoms with E-state index in [1.54, 1.807) is 7.11 Å². The molecule has 5 heteroatoms. The number of nitrogens with two attached hydrogens (primary N) is 1. The van der Waals surface area contributed by atoms with Gasteiger partial charge in [0.2, 0.25) is 0 Å². The zero-order chi connectivity index (χ0) is 13.5. The van der Waals surface area contributed by atoms with E-state index >= 15 is 0 Å². The third-order valence-electron chi connectivity index (χ3n) is 2.75. The first-order valence-electron chi connectivity index (χ1n) is 5.99. The minimum atomic E-state index is -0.368. The topological polar surface area (TPSA) is 76.4 Å². The van der Waals surface area contributed by atoms with Gasteiger partial charge in [0.05, 0.1) is 7.11 Å². The standard InChI is InChI=1S/C13H21N3O2/c1-9(2)11-8-10(4-5-12(11)18-3)6-7-15-13(17)16-14/h4-5,8-9H,6-7,14H2,1-3H3,(H2,15,16,17). The number of hydrogen-bond donors (Lipinski definition) is 3. The van der Waals surface area contributed by atoms with E-state index in [1.807, 2.05) is 17.6 Å². The molecule has 1 aromatic carbocycles. The van der Waals surface area contributed by atoms with Crippen LogP contribution in [0.2, 0.25) is 0 Å². The fourth-order valence-electron chi connectivity index (χ4n) is 1.76. The van der Waals surface area contributed by atoms with Crippen LogP contribution in [-0.4, -0.2) is 19.7 Å². The van der Waals surface area contributed by atoms with Gasteiger partial charge in [-0.05, 0) is 29.5 Å². The molecule has 0 aliphatic rings. The highest BCUT2D eigenvalue weighted by Gasteiger charge is 2.08. The summed E-state index contributed by atoms with van der Waals surface area (Å²) in [6, 6.07) is 5.72. The highest BCUT2D eigenvalue weighted by molar-refractivity contribution is 5.72. The number of amides is 2. The first kappa shape index (κ1) is 14.3. The Morgan fingerprint density at radius 2 is 2.17 bits per heavy atom. The van der Waals surface area contributed by atoms with Crippen molar-refractivity contribution < 1.29 is 9.53 Å². The molecule has 1 rings (SSSR count). The van der Waals surface area contributed by atoms with Crippen molar-refractivity contribution in [2.45, 2.75) is 26.2 Å². The first-order valence-corrected chi connectivity index (χ1v) is 5.99. The molecule has 0 aliphatic heterocycles. The van der Waals surface area contributed by atoms with E-state index < -0.39 is 0 Å². The molecule has 0 fully saturated rings. The second-order valence-electron chi connectivity index (χ2n) is 4.38. The fraction of sp³-hybridized carbons (Fsp3) is 0.462. The fourth-order valence-corrected chi connectivity index (χ4v) is 1.76. The van der Waals surface area contributed by atoms with Crippen molar-refractivity contribution in [2.24, 2.45) is 5.84 Å². The minimum absolute atomic E-state index is 0.368. The van der Waals surface area contributed by atoms with E-state index in [9.17, 15) is 4.79 Å². The number of carbonyl (C=O) groups excluding carboxylic acids is 1. The zero-order valence-electron chi connectivity index (χ0n) is 11.1. The van der Waals surface area contributed by atoms with Crippen molar-refractivity contribution in [1.29, 1.82) is 0 Å². The average Bonchev–Trinajstić information content (AvgIpc) is 2.38. The van der Waals surface area contributed by atoms with Crippen LogP contribution in [0.1, 0.15) is 30.9 Å². The molecule has 0 radical (unpaired) electrons. The lowest BCUT2D eigenvalue weighted by Gasteiger charge is -2.13. The van der Waals surface area contributed by atoms with Gasteiger partial charge in [-0.15, -0.1) is 0 Å². The number of hydrazine groups is 1. The number of hydrogen-bond acceptors (Lipinski definition) is 3. The normalized spacial score (nSPS) is 10.3. The van der Waals surface area contributed by atoms with Crippen LogP contribution < -0.4 is 21.3 Å². The lowest BCUT2D eigenvalue weighted by atomic mass is 9.98. The van der Waals surface area contributed by atoms with Crippen LogP contribution in [0.3, 0.4) is 0 Å². The summed E-state index contributed by atoms with van der Waals surface area (Å²) in [4.78, 5) is 10.9. The van der Waals surface area contributed by atoms with E-state index in [0.717, 1.165) is 17.7 Å². The van der Waals surface area contributed by atoms with Gasteiger partial charge in [0, 0.05) is 6.54 Å². The summed E-state index contributed by atoms with van der Waals surface area (Å²) in [5.74, 6) is 6.28. The monoisotopic (exact) mass is 251 g/mol. The van der Waals surface area contributed by atoms with Gasteiger partial charge in [0.15, 0.2) is 0 Å². The van der Waals surface area contributed by atoms with E-state index in [4.69, 9.17) is 10.6 Å². The molecule has 0 heterocycles. The maximum absolute atomic E-state index is 10.9. The Kier molecular flexibility index (Phi) is 5.45. The molecule has 1 aromatic rings. The summed E-state index contributed by atoms with van der Waals surface area (Å²) < 4.78 is 5.33. The second kappa shape index (κ2) is 6.86. The number of benzene rings is 1. The van der Waals surface area contributed by atoms with Crippen molar-refractivity contribution in [2.75, 3.05) is 13.7 Å². The molecule has 4 N–H and O–H groups in total. The van der Waals surface area contributed by atoms with Crippen LogP contribution >= 0.6 is 0 Å². The van der Waals surface area contributed by atoms with Crippen LogP contribution in [-0.2, 0) is 6.42 Å². The molecule has 0 spiro atoms. The van der Waals surface area contributed by atoms with E-state index in [-0.39, 0.29) is 6.03 Å².